The van der Waals surface area contributed by atoms with Gasteiger partial charge < -0.3 is 0 Å². The second-order valence-electron chi connectivity index (χ2n) is 6.85. The van der Waals surface area contributed by atoms with Gasteiger partial charge >= 0.3 is 15.5 Å². The molecule has 4 fully saturated rings. The minimum atomic E-state index is -3.16. The van der Waals surface area contributed by atoms with E-state index in [1.807, 2.05) is 0 Å². The first-order valence-corrected chi connectivity index (χ1v) is 11.3. The summed E-state index contributed by atoms with van der Waals surface area (Å²) in [6.07, 6.45) is 4.08. The van der Waals surface area contributed by atoms with Gasteiger partial charge in [0.25, 0.3) is 0 Å². The summed E-state index contributed by atoms with van der Waals surface area (Å²) < 4.78 is 51.6. The first kappa shape index (κ1) is 16.7. The second-order valence-corrected chi connectivity index (χ2v) is 10.9. The van der Waals surface area contributed by atoms with Crippen molar-refractivity contribution in [1.29, 1.82) is 0 Å². The van der Waals surface area contributed by atoms with E-state index in [9.17, 15) is 9.13 Å². The van der Waals surface area contributed by atoms with Crippen LogP contribution in [0.2, 0.25) is 0 Å². The van der Waals surface area contributed by atoms with Crippen molar-refractivity contribution in [3.05, 3.63) is 0 Å². The summed E-state index contributed by atoms with van der Waals surface area (Å²) in [7, 11) is -6.33. The molecule has 0 radical (unpaired) electrons. The molecule has 4 heterocycles. The molecule has 132 valence electrons. The third-order valence-corrected chi connectivity index (χ3v) is 9.00. The lowest BCUT2D eigenvalue weighted by molar-refractivity contribution is -0.0812. The van der Waals surface area contributed by atoms with Gasteiger partial charge in [0.2, 0.25) is 0 Å². The minimum Gasteiger partial charge on any atom is -0.296 e. The van der Waals surface area contributed by atoms with Crippen molar-refractivity contribution in [3.63, 3.8) is 0 Å². The molecule has 4 saturated heterocycles. The zero-order chi connectivity index (χ0) is 16.0. The highest BCUT2D eigenvalue weighted by atomic mass is 31.2. The van der Waals surface area contributed by atoms with E-state index >= 15 is 0 Å². The molecule has 0 aromatic heterocycles. The zero-order valence-corrected chi connectivity index (χ0v) is 15.0. The molecule has 4 aliphatic rings. The topological polar surface area (TPSA) is 77.5 Å². The number of nitrogens with zero attached hydrogens (tertiary/aromatic N) is 2. The van der Waals surface area contributed by atoms with Crippen molar-refractivity contribution in [1.82, 2.24) is 9.34 Å². The van der Waals surface area contributed by atoms with Crippen LogP contribution in [-0.2, 0) is 27.2 Å². The molecule has 8 nitrogen and oxygen atoms in total. The van der Waals surface area contributed by atoms with Crippen LogP contribution < -0.4 is 0 Å². The Morgan fingerprint density at radius 3 is 1.22 bits per heavy atom. The van der Waals surface area contributed by atoms with Crippen molar-refractivity contribution in [3.8, 4) is 0 Å². The van der Waals surface area contributed by atoms with Gasteiger partial charge in [0, 0.05) is 26.2 Å². The molecule has 0 aliphatic carbocycles. The van der Waals surface area contributed by atoms with Crippen LogP contribution in [0.3, 0.4) is 0 Å². The van der Waals surface area contributed by atoms with Gasteiger partial charge in [-0.3, -0.25) is 18.1 Å². The van der Waals surface area contributed by atoms with Gasteiger partial charge in [-0.1, -0.05) is 0 Å². The first-order chi connectivity index (χ1) is 11.0. The number of rotatable bonds is 2. The Morgan fingerprint density at radius 1 is 0.609 bits per heavy atom. The largest absolute Gasteiger partial charge is 0.408 e. The van der Waals surface area contributed by atoms with E-state index < -0.39 is 20.9 Å². The molecular formula is C13H24N2O6P2. The SMILES string of the molecule is O=P1(N2CCCC2)OCC2(CO1)COP(=O)(N1CCCC1)OC2. The van der Waals surface area contributed by atoms with Gasteiger partial charge in [-0.05, 0) is 25.7 Å². The minimum absolute atomic E-state index is 0.251. The number of hydrogen-bond acceptors (Lipinski definition) is 6. The van der Waals surface area contributed by atoms with Gasteiger partial charge in [-0.25, -0.2) is 18.5 Å². The fraction of sp³-hybridized carbons (Fsp3) is 1.00. The molecule has 0 bridgehead atoms. The summed E-state index contributed by atoms with van der Waals surface area (Å²) in [5.41, 5.74) is -0.513. The highest BCUT2D eigenvalue weighted by Gasteiger charge is 2.52. The lowest BCUT2D eigenvalue weighted by Crippen LogP contribution is -2.47. The summed E-state index contributed by atoms with van der Waals surface area (Å²) in [5, 5.41) is 0. The van der Waals surface area contributed by atoms with E-state index in [1.54, 1.807) is 9.34 Å². The molecule has 23 heavy (non-hydrogen) atoms. The molecule has 0 amide bonds. The highest BCUT2D eigenvalue weighted by molar-refractivity contribution is 7.51. The van der Waals surface area contributed by atoms with Crippen LogP contribution in [0.15, 0.2) is 0 Å². The van der Waals surface area contributed by atoms with E-state index in [4.69, 9.17) is 18.1 Å². The maximum atomic E-state index is 12.7. The number of hydrogen-bond donors (Lipinski definition) is 0. The summed E-state index contributed by atoms with van der Waals surface area (Å²) in [5.74, 6) is 0. The van der Waals surface area contributed by atoms with E-state index in [1.165, 1.54) is 0 Å². The lowest BCUT2D eigenvalue weighted by atomic mass is 9.93. The fourth-order valence-electron chi connectivity index (χ4n) is 3.42. The van der Waals surface area contributed by atoms with Crippen LogP contribution in [0.25, 0.3) is 0 Å². The smallest absolute Gasteiger partial charge is 0.296 e. The maximum Gasteiger partial charge on any atom is 0.408 e. The third kappa shape index (κ3) is 3.09. The van der Waals surface area contributed by atoms with Gasteiger partial charge in [-0.15, -0.1) is 0 Å². The van der Waals surface area contributed by atoms with Crippen molar-refractivity contribution >= 4 is 15.5 Å². The molecule has 10 heteroatoms. The van der Waals surface area contributed by atoms with Crippen LogP contribution in [0.4, 0.5) is 0 Å². The van der Waals surface area contributed by atoms with E-state index in [-0.39, 0.29) is 26.4 Å². The molecule has 0 aromatic carbocycles. The Morgan fingerprint density at radius 2 is 0.913 bits per heavy atom. The third-order valence-electron chi connectivity index (χ3n) is 4.99. The molecule has 0 atom stereocenters. The Balaban J connectivity index is 1.37. The Labute approximate surface area is 136 Å². The van der Waals surface area contributed by atoms with Gasteiger partial charge in [0.1, 0.15) is 0 Å². The quantitative estimate of drug-likeness (QED) is 0.690. The molecule has 4 rings (SSSR count). The summed E-state index contributed by atoms with van der Waals surface area (Å²) >= 11 is 0. The van der Waals surface area contributed by atoms with Crippen LogP contribution in [-0.4, -0.2) is 61.9 Å². The average Bonchev–Trinajstić information content (AvgIpc) is 3.27. The zero-order valence-electron chi connectivity index (χ0n) is 13.2. The van der Waals surface area contributed by atoms with Crippen LogP contribution in [0.1, 0.15) is 25.7 Å². The fourth-order valence-corrected chi connectivity index (χ4v) is 7.51. The Hall–Kier alpha value is 0.220. The van der Waals surface area contributed by atoms with Crippen LogP contribution in [0.5, 0.6) is 0 Å². The Bertz CT molecular complexity index is 471. The average molecular weight is 366 g/mol. The molecule has 0 saturated carbocycles. The molecule has 0 aromatic rings. The van der Waals surface area contributed by atoms with Gasteiger partial charge in [0.05, 0.1) is 31.8 Å². The summed E-state index contributed by atoms with van der Waals surface area (Å²) in [6, 6.07) is 0. The van der Waals surface area contributed by atoms with Crippen molar-refractivity contribution < 1.29 is 27.2 Å². The second kappa shape index (κ2) is 6.19. The molecular weight excluding hydrogens is 342 g/mol. The summed E-state index contributed by atoms with van der Waals surface area (Å²) in [4.78, 5) is 0. The van der Waals surface area contributed by atoms with Crippen molar-refractivity contribution in [2.75, 3.05) is 52.6 Å². The highest BCUT2D eigenvalue weighted by Crippen LogP contribution is 2.62. The molecule has 0 unspecified atom stereocenters. The van der Waals surface area contributed by atoms with Crippen LogP contribution >= 0.6 is 15.5 Å². The molecule has 4 aliphatic heterocycles. The molecule has 1 spiro atoms. The van der Waals surface area contributed by atoms with Crippen molar-refractivity contribution in [2.24, 2.45) is 5.41 Å². The molecule has 0 N–H and O–H groups in total. The lowest BCUT2D eigenvalue weighted by Gasteiger charge is -2.45. The van der Waals surface area contributed by atoms with Gasteiger partial charge in [0.15, 0.2) is 0 Å². The van der Waals surface area contributed by atoms with Crippen molar-refractivity contribution in [2.45, 2.75) is 25.7 Å². The monoisotopic (exact) mass is 366 g/mol. The maximum absolute atomic E-state index is 12.7. The standard InChI is InChI=1S/C13H24N2O6P2/c16-22(14-5-1-2-6-14)18-9-13(10-19-22)11-20-23(17,21-12-13)15-7-3-4-8-15/h1-12H2. The van der Waals surface area contributed by atoms with Crippen LogP contribution in [0, 0.1) is 5.41 Å². The predicted molar refractivity (Wildman–Crippen MR) is 83.1 cm³/mol. The Kier molecular flexibility index (Phi) is 4.48. The van der Waals surface area contributed by atoms with E-state index in [2.05, 4.69) is 0 Å². The van der Waals surface area contributed by atoms with E-state index in [0.29, 0.717) is 0 Å². The first-order valence-electron chi connectivity index (χ1n) is 8.33. The normalized spacial score (nSPS) is 46.6. The van der Waals surface area contributed by atoms with E-state index in [0.717, 1.165) is 51.9 Å². The predicted octanol–water partition coefficient (Wildman–Crippen LogP) is 2.47. The summed E-state index contributed by atoms with van der Waals surface area (Å²) in [6.45, 7) is 4.01. The van der Waals surface area contributed by atoms with Gasteiger partial charge in [-0.2, -0.15) is 0 Å².